The lowest BCUT2D eigenvalue weighted by Gasteiger charge is -2.07. The Kier molecular flexibility index (Phi) is 6.89. The van der Waals surface area contributed by atoms with E-state index in [0.29, 0.717) is 29.9 Å². The van der Waals surface area contributed by atoms with Crippen molar-refractivity contribution in [3.05, 3.63) is 5.28 Å². The zero-order chi connectivity index (χ0) is 13.4. The molecule has 1 rings (SSSR count). The summed E-state index contributed by atoms with van der Waals surface area (Å²) in [5, 5.41) is 6.17. The van der Waals surface area contributed by atoms with Crippen LogP contribution in [-0.2, 0) is 10.8 Å². The lowest BCUT2D eigenvalue weighted by molar-refractivity contribution is 0.684. The molecule has 8 heteroatoms. The van der Waals surface area contributed by atoms with Crippen LogP contribution in [0.3, 0.4) is 0 Å². The van der Waals surface area contributed by atoms with E-state index >= 15 is 0 Å². The van der Waals surface area contributed by atoms with E-state index < -0.39 is 10.8 Å². The van der Waals surface area contributed by atoms with Crippen molar-refractivity contribution in [2.24, 2.45) is 0 Å². The highest BCUT2D eigenvalue weighted by atomic mass is 35.5. The molecule has 1 atom stereocenters. The molecule has 102 valence electrons. The van der Waals surface area contributed by atoms with Gasteiger partial charge in [0.1, 0.15) is 0 Å². The maximum Gasteiger partial charge on any atom is 0.228 e. The minimum absolute atomic E-state index is 0.141. The molecule has 0 amide bonds. The van der Waals surface area contributed by atoms with E-state index in [4.69, 9.17) is 11.6 Å². The lowest BCUT2D eigenvalue weighted by Crippen LogP contribution is -2.15. The van der Waals surface area contributed by atoms with Crippen molar-refractivity contribution in [2.75, 3.05) is 35.2 Å². The van der Waals surface area contributed by atoms with Crippen molar-refractivity contribution in [1.82, 2.24) is 15.0 Å². The first-order chi connectivity index (χ1) is 8.65. The molecule has 0 spiro atoms. The predicted molar refractivity (Wildman–Crippen MR) is 75.7 cm³/mol. The summed E-state index contributed by atoms with van der Waals surface area (Å²) in [6, 6.07) is 0. The third-order valence-electron chi connectivity index (χ3n) is 2.08. The van der Waals surface area contributed by atoms with Gasteiger partial charge in [0, 0.05) is 35.4 Å². The van der Waals surface area contributed by atoms with Gasteiger partial charge in [-0.1, -0.05) is 13.8 Å². The molecule has 1 unspecified atom stereocenters. The Bertz CT molecular complexity index is 404. The van der Waals surface area contributed by atoms with Crippen LogP contribution in [0.2, 0.25) is 5.28 Å². The average Bonchev–Trinajstić information content (AvgIpc) is 2.35. The molecule has 6 nitrogen and oxygen atoms in total. The summed E-state index contributed by atoms with van der Waals surface area (Å²) in [5.74, 6) is 2.08. The Labute approximate surface area is 114 Å². The summed E-state index contributed by atoms with van der Waals surface area (Å²) < 4.78 is 11.3. The number of nitrogens with one attached hydrogen (secondary N) is 2. The number of hydrogen-bond donors (Lipinski definition) is 2. The third-order valence-corrected chi connectivity index (χ3v) is 3.55. The van der Waals surface area contributed by atoms with Crippen molar-refractivity contribution < 1.29 is 4.21 Å². The summed E-state index contributed by atoms with van der Waals surface area (Å²) in [4.78, 5) is 12.1. The smallest absolute Gasteiger partial charge is 0.228 e. The molecule has 0 bridgehead atoms. The SMILES string of the molecule is CCCNc1nc(Cl)nc(NCCS(=O)CC)n1. The van der Waals surface area contributed by atoms with Crippen LogP contribution in [-0.4, -0.2) is 43.8 Å². The quantitative estimate of drug-likeness (QED) is 0.756. The maximum atomic E-state index is 11.3. The summed E-state index contributed by atoms with van der Waals surface area (Å²) in [5.41, 5.74) is 0. The van der Waals surface area contributed by atoms with Gasteiger partial charge in [0.2, 0.25) is 17.2 Å². The van der Waals surface area contributed by atoms with Gasteiger partial charge in [-0.15, -0.1) is 0 Å². The molecule has 1 aromatic heterocycles. The van der Waals surface area contributed by atoms with Crippen LogP contribution >= 0.6 is 11.6 Å². The van der Waals surface area contributed by atoms with E-state index in [-0.39, 0.29) is 5.28 Å². The van der Waals surface area contributed by atoms with Crippen LogP contribution in [0.1, 0.15) is 20.3 Å². The molecule has 2 N–H and O–H groups in total. The van der Waals surface area contributed by atoms with Crippen molar-refractivity contribution >= 4 is 34.3 Å². The Morgan fingerprint density at radius 1 is 1.11 bits per heavy atom. The average molecular weight is 292 g/mol. The first-order valence-corrected chi connectivity index (χ1v) is 7.76. The third kappa shape index (κ3) is 5.59. The molecule has 0 fully saturated rings. The highest BCUT2D eigenvalue weighted by Crippen LogP contribution is 2.09. The molecule has 0 aromatic carbocycles. The molecule has 1 aromatic rings. The van der Waals surface area contributed by atoms with Crippen LogP contribution in [0.5, 0.6) is 0 Å². The number of halogens is 1. The summed E-state index contributed by atoms with van der Waals surface area (Å²) >= 11 is 5.80. The molecule has 1 heterocycles. The zero-order valence-corrected chi connectivity index (χ0v) is 12.1. The second-order valence-electron chi connectivity index (χ2n) is 3.54. The van der Waals surface area contributed by atoms with Gasteiger partial charge in [0.05, 0.1) is 0 Å². The first-order valence-electron chi connectivity index (χ1n) is 5.90. The Hall–Kier alpha value is -0.950. The van der Waals surface area contributed by atoms with Gasteiger partial charge in [-0.25, -0.2) is 0 Å². The Morgan fingerprint density at radius 2 is 1.72 bits per heavy atom. The predicted octanol–water partition coefficient (Wildman–Crippen LogP) is 1.53. The van der Waals surface area contributed by atoms with Crippen LogP contribution in [0.25, 0.3) is 0 Å². The highest BCUT2D eigenvalue weighted by molar-refractivity contribution is 7.84. The fraction of sp³-hybridized carbons (Fsp3) is 0.700. The van der Waals surface area contributed by atoms with Gasteiger partial charge in [0.15, 0.2) is 0 Å². The van der Waals surface area contributed by atoms with E-state index in [1.807, 2.05) is 6.92 Å². The minimum atomic E-state index is -0.798. The molecule has 18 heavy (non-hydrogen) atoms. The monoisotopic (exact) mass is 291 g/mol. The van der Waals surface area contributed by atoms with E-state index in [1.54, 1.807) is 0 Å². The van der Waals surface area contributed by atoms with E-state index in [2.05, 4.69) is 32.5 Å². The normalized spacial score (nSPS) is 12.2. The van der Waals surface area contributed by atoms with Crippen LogP contribution in [0, 0.1) is 0 Å². The molecule has 0 aliphatic carbocycles. The number of nitrogens with zero attached hydrogens (tertiary/aromatic N) is 3. The minimum Gasteiger partial charge on any atom is -0.354 e. The number of hydrogen-bond acceptors (Lipinski definition) is 6. The fourth-order valence-corrected chi connectivity index (χ4v) is 1.94. The van der Waals surface area contributed by atoms with Gasteiger partial charge < -0.3 is 10.6 Å². The Balaban J connectivity index is 2.54. The van der Waals surface area contributed by atoms with Gasteiger partial charge in [-0.2, -0.15) is 15.0 Å². The second-order valence-corrected chi connectivity index (χ2v) is 5.74. The Morgan fingerprint density at radius 3 is 2.28 bits per heavy atom. The molecule has 0 radical (unpaired) electrons. The van der Waals surface area contributed by atoms with E-state index in [9.17, 15) is 4.21 Å². The lowest BCUT2D eigenvalue weighted by atomic mass is 10.5. The maximum absolute atomic E-state index is 11.3. The highest BCUT2D eigenvalue weighted by Gasteiger charge is 2.04. The van der Waals surface area contributed by atoms with Gasteiger partial charge in [-0.05, 0) is 18.0 Å². The first kappa shape index (κ1) is 15.1. The number of anilines is 2. The number of aromatic nitrogens is 3. The zero-order valence-electron chi connectivity index (χ0n) is 10.6. The van der Waals surface area contributed by atoms with Crippen molar-refractivity contribution in [3.8, 4) is 0 Å². The molecule has 0 saturated heterocycles. The van der Waals surface area contributed by atoms with Crippen molar-refractivity contribution in [1.29, 1.82) is 0 Å². The van der Waals surface area contributed by atoms with E-state index in [0.717, 1.165) is 13.0 Å². The number of rotatable bonds is 8. The fourth-order valence-electron chi connectivity index (χ4n) is 1.17. The molecule has 0 saturated carbocycles. The molecular formula is C10H18ClN5OS. The topological polar surface area (TPSA) is 79.8 Å². The summed E-state index contributed by atoms with van der Waals surface area (Å²) in [6.07, 6.45) is 0.974. The van der Waals surface area contributed by atoms with Crippen LogP contribution in [0.15, 0.2) is 0 Å². The molecule has 0 aliphatic rings. The summed E-state index contributed by atoms with van der Waals surface area (Å²) in [6.45, 7) is 5.27. The van der Waals surface area contributed by atoms with Crippen LogP contribution < -0.4 is 10.6 Å². The second kappa shape index (κ2) is 8.20. The van der Waals surface area contributed by atoms with Crippen molar-refractivity contribution in [3.63, 3.8) is 0 Å². The van der Waals surface area contributed by atoms with Gasteiger partial charge >= 0.3 is 0 Å². The molecular weight excluding hydrogens is 274 g/mol. The summed E-state index contributed by atoms with van der Waals surface area (Å²) in [7, 11) is -0.798. The van der Waals surface area contributed by atoms with Gasteiger partial charge in [0.25, 0.3) is 0 Å². The van der Waals surface area contributed by atoms with Gasteiger partial charge in [-0.3, -0.25) is 4.21 Å². The molecule has 0 aliphatic heterocycles. The largest absolute Gasteiger partial charge is 0.354 e. The van der Waals surface area contributed by atoms with Crippen LogP contribution in [0.4, 0.5) is 11.9 Å². The van der Waals surface area contributed by atoms with Crippen molar-refractivity contribution in [2.45, 2.75) is 20.3 Å². The standard InChI is InChI=1S/C10H18ClN5OS/c1-3-5-12-9-14-8(11)15-10(16-9)13-6-7-18(17)4-2/h3-7H2,1-2H3,(H2,12,13,14,15,16). The van der Waals surface area contributed by atoms with E-state index in [1.165, 1.54) is 0 Å².